The van der Waals surface area contributed by atoms with Crippen LogP contribution in [0, 0.1) is 11.3 Å². The van der Waals surface area contributed by atoms with Crippen molar-refractivity contribution in [3.63, 3.8) is 0 Å². The third-order valence-corrected chi connectivity index (χ3v) is 3.42. The summed E-state index contributed by atoms with van der Waals surface area (Å²) >= 11 is 0. The average molecular weight is 272 g/mol. The predicted molar refractivity (Wildman–Crippen MR) is 78.8 cm³/mol. The first-order valence-electron chi connectivity index (χ1n) is 6.88. The van der Waals surface area contributed by atoms with Crippen molar-refractivity contribution >= 4 is 5.57 Å². The Kier molecular flexibility index (Phi) is 5.03. The van der Waals surface area contributed by atoms with Crippen molar-refractivity contribution in [1.29, 1.82) is 5.26 Å². The Morgan fingerprint density at radius 3 is 2.80 bits per heavy atom. The molecule has 1 aliphatic heterocycles. The SMILES string of the molecule is CCOc1cc(C2=CCN(CC#N)CC2)ccc1OC. The van der Waals surface area contributed by atoms with E-state index in [-0.39, 0.29) is 0 Å². The molecule has 20 heavy (non-hydrogen) atoms. The summed E-state index contributed by atoms with van der Waals surface area (Å²) in [5.74, 6) is 1.55. The van der Waals surface area contributed by atoms with E-state index in [0.717, 1.165) is 31.0 Å². The highest BCUT2D eigenvalue weighted by Gasteiger charge is 2.14. The quantitative estimate of drug-likeness (QED) is 0.773. The highest BCUT2D eigenvalue weighted by Crippen LogP contribution is 2.32. The lowest BCUT2D eigenvalue weighted by Crippen LogP contribution is -2.28. The Morgan fingerprint density at radius 1 is 1.35 bits per heavy atom. The van der Waals surface area contributed by atoms with Crippen molar-refractivity contribution in [3.05, 3.63) is 29.8 Å². The summed E-state index contributed by atoms with van der Waals surface area (Å²) in [6, 6.07) is 8.24. The van der Waals surface area contributed by atoms with Gasteiger partial charge in [0.05, 0.1) is 26.3 Å². The van der Waals surface area contributed by atoms with E-state index >= 15 is 0 Å². The highest BCUT2D eigenvalue weighted by molar-refractivity contribution is 5.69. The molecule has 2 rings (SSSR count). The minimum absolute atomic E-state index is 0.497. The van der Waals surface area contributed by atoms with Gasteiger partial charge in [-0.3, -0.25) is 4.90 Å². The van der Waals surface area contributed by atoms with Crippen LogP contribution in [0.2, 0.25) is 0 Å². The third-order valence-electron chi connectivity index (χ3n) is 3.42. The molecule has 0 radical (unpaired) electrons. The van der Waals surface area contributed by atoms with Gasteiger partial charge in [-0.15, -0.1) is 0 Å². The maximum Gasteiger partial charge on any atom is 0.161 e. The minimum atomic E-state index is 0.497. The normalized spacial score (nSPS) is 15.3. The summed E-state index contributed by atoms with van der Waals surface area (Å²) < 4.78 is 10.9. The summed E-state index contributed by atoms with van der Waals surface area (Å²) in [6.45, 7) is 4.84. The zero-order valence-electron chi connectivity index (χ0n) is 12.1. The number of ether oxygens (including phenoxy) is 2. The molecule has 0 saturated heterocycles. The fourth-order valence-electron chi connectivity index (χ4n) is 2.36. The van der Waals surface area contributed by atoms with Gasteiger partial charge >= 0.3 is 0 Å². The van der Waals surface area contributed by atoms with Crippen LogP contribution in [0.25, 0.3) is 5.57 Å². The molecule has 0 atom stereocenters. The summed E-state index contributed by atoms with van der Waals surface area (Å²) in [7, 11) is 1.65. The molecule has 0 bridgehead atoms. The monoisotopic (exact) mass is 272 g/mol. The Hall–Kier alpha value is -1.99. The van der Waals surface area contributed by atoms with Gasteiger partial charge in [-0.1, -0.05) is 12.1 Å². The number of nitrogens with zero attached hydrogens (tertiary/aromatic N) is 2. The van der Waals surface area contributed by atoms with Gasteiger partial charge < -0.3 is 9.47 Å². The Morgan fingerprint density at radius 2 is 2.20 bits per heavy atom. The zero-order valence-corrected chi connectivity index (χ0v) is 12.1. The maximum atomic E-state index is 8.71. The van der Waals surface area contributed by atoms with Crippen LogP contribution in [0.5, 0.6) is 11.5 Å². The van der Waals surface area contributed by atoms with E-state index in [4.69, 9.17) is 14.7 Å². The molecule has 0 spiro atoms. The molecule has 0 unspecified atom stereocenters. The Labute approximate surface area is 120 Å². The van der Waals surface area contributed by atoms with E-state index in [2.05, 4.69) is 23.1 Å². The van der Waals surface area contributed by atoms with E-state index < -0.39 is 0 Å². The summed E-state index contributed by atoms with van der Waals surface area (Å²) in [5.41, 5.74) is 2.48. The minimum Gasteiger partial charge on any atom is -0.493 e. The standard InChI is InChI=1S/C16H20N2O2/c1-3-20-16-12-14(4-5-15(16)19-2)13-6-9-18(10-7-13)11-8-17/h4-6,12H,3,7,9-11H2,1-2H3. The first kappa shape index (κ1) is 14.4. The van der Waals surface area contributed by atoms with Crippen molar-refractivity contribution in [3.8, 4) is 17.6 Å². The lowest BCUT2D eigenvalue weighted by atomic mass is 9.99. The molecule has 1 aromatic rings. The number of nitriles is 1. The molecule has 0 amide bonds. The van der Waals surface area contributed by atoms with Crippen molar-refractivity contribution in [2.75, 3.05) is 33.4 Å². The summed E-state index contributed by atoms with van der Waals surface area (Å²) in [6.07, 6.45) is 3.15. The van der Waals surface area contributed by atoms with Gasteiger partial charge in [-0.05, 0) is 36.6 Å². The molecule has 1 aromatic carbocycles. The number of benzene rings is 1. The van der Waals surface area contributed by atoms with Gasteiger partial charge in [0.15, 0.2) is 11.5 Å². The van der Waals surface area contributed by atoms with Crippen LogP contribution < -0.4 is 9.47 Å². The first-order chi connectivity index (χ1) is 9.78. The largest absolute Gasteiger partial charge is 0.493 e. The van der Waals surface area contributed by atoms with Crippen LogP contribution in [-0.2, 0) is 0 Å². The van der Waals surface area contributed by atoms with E-state index in [9.17, 15) is 0 Å². The van der Waals surface area contributed by atoms with Crippen molar-refractivity contribution in [2.24, 2.45) is 0 Å². The molecule has 4 heteroatoms. The summed E-state index contributed by atoms with van der Waals surface area (Å²) in [4.78, 5) is 2.14. The maximum absolute atomic E-state index is 8.71. The van der Waals surface area contributed by atoms with E-state index in [1.807, 2.05) is 19.1 Å². The third kappa shape index (κ3) is 3.31. The molecule has 106 valence electrons. The average Bonchev–Trinajstić information content (AvgIpc) is 2.49. The number of hydrogen-bond acceptors (Lipinski definition) is 4. The fraction of sp³-hybridized carbons (Fsp3) is 0.438. The molecule has 0 fully saturated rings. The second-order valence-corrected chi connectivity index (χ2v) is 4.67. The van der Waals surface area contributed by atoms with Crippen LogP contribution >= 0.6 is 0 Å². The van der Waals surface area contributed by atoms with Crippen molar-refractivity contribution < 1.29 is 9.47 Å². The molecular formula is C16H20N2O2. The van der Waals surface area contributed by atoms with Gasteiger partial charge in [0, 0.05) is 13.1 Å². The van der Waals surface area contributed by atoms with Crippen LogP contribution in [0.3, 0.4) is 0 Å². The number of hydrogen-bond donors (Lipinski definition) is 0. The lowest BCUT2D eigenvalue weighted by Gasteiger charge is -2.24. The summed E-state index contributed by atoms with van der Waals surface area (Å²) in [5, 5.41) is 8.71. The first-order valence-corrected chi connectivity index (χ1v) is 6.88. The van der Waals surface area contributed by atoms with Crippen LogP contribution in [-0.4, -0.2) is 38.3 Å². The van der Waals surface area contributed by atoms with Crippen LogP contribution in [0.15, 0.2) is 24.3 Å². The highest BCUT2D eigenvalue weighted by atomic mass is 16.5. The molecule has 0 aliphatic carbocycles. The molecule has 4 nitrogen and oxygen atoms in total. The van der Waals surface area contributed by atoms with Crippen LogP contribution in [0.4, 0.5) is 0 Å². The number of methoxy groups -OCH3 is 1. The van der Waals surface area contributed by atoms with Gasteiger partial charge in [0.1, 0.15) is 0 Å². The predicted octanol–water partition coefficient (Wildman–Crippen LogP) is 2.71. The molecule has 0 saturated carbocycles. The topological polar surface area (TPSA) is 45.5 Å². The molecule has 0 N–H and O–H groups in total. The smallest absolute Gasteiger partial charge is 0.161 e. The van der Waals surface area contributed by atoms with Crippen molar-refractivity contribution in [1.82, 2.24) is 4.90 Å². The van der Waals surface area contributed by atoms with Crippen LogP contribution in [0.1, 0.15) is 18.9 Å². The van der Waals surface area contributed by atoms with Crippen molar-refractivity contribution in [2.45, 2.75) is 13.3 Å². The zero-order chi connectivity index (χ0) is 14.4. The molecular weight excluding hydrogens is 252 g/mol. The lowest BCUT2D eigenvalue weighted by molar-refractivity contribution is 0.310. The Balaban J connectivity index is 2.17. The van der Waals surface area contributed by atoms with E-state index in [0.29, 0.717) is 13.2 Å². The van der Waals surface area contributed by atoms with Gasteiger partial charge in [0.2, 0.25) is 0 Å². The van der Waals surface area contributed by atoms with E-state index in [1.165, 1.54) is 11.1 Å². The molecule has 1 aliphatic rings. The second kappa shape index (κ2) is 6.97. The second-order valence-electron chi connectivity index (χ2n) is 4.67. The molecule has 1 heterocycles. The van der Waals surface area contributed by atoms with Gasteiger partial charge in [0.25, 0.3) is 0 Å². The Bertz CT molecular complexity index is 532. The van der Waals surface area contributed by atoms with E-state index in [1.54, 1.807) is 7.11 Å². The van der Waals surface area contributed by atoms with Gasteiger partial charge in [-0.2, -0.15) is 5.26 Å². The fourth-order valence-corrected chi connectivity index (χ4v) is 2.36. The molecule has 0 aromatic heterocycles. The number of rotatable bonds is 5. The van der Waals surface area contributed by atoms with Gasteiger partial charge in [-0.25, -0.2) is 0 Å².